The van der Waals surface area contributed by atoms with Crippen LogP contribution in [-0.2, 0) is 23.2 Å². The predicted molar refractivity (Wildman–Crippen MR) is 89.0 cm³/mol. The van der Waals surface area contributed by atoms with Gasteiger partial charge in [-0.15, -0.1) is 0 Å². The van der Waals surface area contributed by atoms with E-state index in [4.69, 9.17) is 0 Å². The zero-order valence-electron chi connectivity index (χ0n) is 13.5. The first-order chi connectivity index (χ1) is 10.5. The molecule has 0 atom stereocenters. The van der Waals surface area contributed by atoms with Gasteiger partial charge in [-0.05, 0) is 41.9 Å². The van der Waals surface area contributed by atoms with Crippen molar-refractivity contribution in [2.75, 3.05) is 6.54 Å². The van der Waals surface area contributed by atoms with Crippen molar-refractivity contribution in [1.82, 2.24) is 9.03 Å². The van der Waals surface area contributed by atoms with E-state index in [0.717, 1.165) is 37.7 Å². The molecule has 1 aliphatic carbocycles. The Bertz CT molecular complexity index is 634. The lowest BCUT2D eigenvalue weighted by Gasteiger charge is -2.30. The Balaban J connectivity index is 1.76. The van der Waals surface area contributed by atoms with Gasteiger partial charge in [0.05, 0.1) is 0 Å². The fourth-order valence-electron chi connectivity index (χ4n) is 3.44. The van der Waals surface area contributed by atoms with E-state index in [1.807, 2.05) is 0 Å². The molecule has 0 aromatic heterocycles. The molecule has 0 spiro atoms. The van der Waals surface area contributed by atoms with Crippen LogP contribution in [0.3, 0.4) is 0 Å². The molecule has 0 amide bonds. The normalized spacial score (nSPS) is 20.5. The van der Waals surface area contributed by atoms with Crippen molar-refractivity contribution in [3.63, 3.8) is 0 Å². The molecule has 1 aromatic carbocycles. The first-order valence-electron chi connectivity index (χ1n) is 8.35. The van der Waals surface area contributed by atoms with Crippen molar-refractivity contribution < 1.29 is 8.42 Å². The van der Waals surface area contributed by atoms with E-state index in [-0.39, 0.29) is 6.04 Å². The molecule has 0 radical (unpaired) electrons. The summed E-state index contributed by atoms with van der Waals surface area (Å²) in [6.45, 7) is 5.41. The van der Waals surface area contributed by atoms with Gasteiger partial charge in [0, 0.05) is 19.1 Å². The number of fused-ring (bicyclic) bond motifs is 1. The van der Waals surface area contributed by atoms with Gasteiger partial charge in [-0.25, -0.2) is 0 Å². The maximum absolute atomic E-state index is 12.6. The van der Waals surface area contributed by atoms with Gasteiger partial charge in [0.1, 0.15) is 0 Å². The molecule has 5 heteroatoms. The minimum absolute atomic E-state index is 0.133. The average molecular weight is 322 g/mol. The molecule has 122 valence electrons. The van der Waals surface area contributed by atoms with Gasteiger partial charge in [0.25, 0.3) is 10.2 Å². The van der Waals surface area contributed by atoms with E-state index in [0.29, 0.717) is 19.0 Å². The third-order valence-corrected chi connectivity index (χ3v) is 6.51. The first-order valence-corrected chi connectivity index (χ1v) is 9.79. The van der Waals surface area contributed by atoms with Crippen molar-refractivity contribution in [2.24, 2.45) is 0 Å². The summed E-state index contributed by atoms with van der Waals surface area (Å²) >= 11 is 0. The van der Waals surface area contributed by atoms with Crippen molar-refractivity contribution in [3.8, 4) is 0 Å². The van der Waals surface area contributed by atoms with Gasteiger partial charge in [0.2, 0.25) is 0 Å². The second kappa shape index (κ2) is 6.30. The van der Waals surface area contributed by atoms with Crippen LogP contribution in [0.4, 0.5) is 0 Å². The summed E-state index contributed by atoms with van der Waals surface area (Å²) in [4.78, 5) is 0. The quantitative estimate of drug-likeness (QED) is 0.926. The van der Waals surface area contributed by atoms with Crippen molar-refractivity contribution in [2.45, 2.75) is 64.5 Å². The van der Waals surface area contributed by atoms with Crippen LogP contribution in [0.5, 0.6) is 0 Å². The Hall–Kier alpha value is -0.910. The van der Waals surface area contributed by atoms with Gasteiger partial charge in [-0.2, -0.15) is 17.4 Å². The monoisotopic (exact) mass is 322 g/mol. The largest absolute Gasteiger partial charge is 0.280 e. The molecule has 1 N–H and O–H groups in total. The summed E-state index contributed by atoms with van der Waals surface area (Å²) in [5.74, 6) is 0.467. The standard InChI is InChI=1S/C17H26N2O2S/c1-13(2)15-8-7-14-9-10-19(12-16(14)11-15)22(20,21)18-17-5-3-4-6-17/h7-8,11,13,17-18H,3-6,9-10,12H2,1-2H3. The first kappa shape index (κ1) is 16.0. The summed E-state index contributed by atoms with van der Waals surface area (Å²) in [5.41, 5.74) is 3.73. The van der Waals surface area contributed by atoms with Crippen LogP contribution in [0.25, 0.3) is 0 Å². The molecule has 4 nitrogen and oxygen atoms in total. The van der Waals surface area contributed by atoms with Crippen molar-refractivity contribution in [3.05, 3.63) is 34.9 Å². The Labute approximate surface area is 134 Å². The molecule has 1 aliphatic heterocycles. The number of hydrogen-bond acceptors (Lipinski definition) is 2. The van der Waals surface area contributed by atoms with E-state index in [1.54, 1.807) is 4.31 Å². The summed E-state index contributed by atoms with van der Waals surface area (Å²) < 4.78 is 29.7. The molecule has 3 rings (SSSR count). The van der Waals surface area contributed by atoms with Crippen LogP contribution in [0.2, 0.25) is 0 Å². The highest BCUT2D eigenvalue weighted by Gasteiger charge is 2.29. The van der Waals surface area contributed by atoms with Gasteiger partial charge in [-0.1, -0.05) is 44.9 Å². The third kappa shape index (κ3) is 3.36. The maximum Gasteiger partial charge on any atom is 0.280 e. The molecule has 0 saturated heterocycles. The minimum atomic E-state index is -3.36. The van der Waals surface area contributed by atoms with Gasteiger partial charge in [0.15, 0.2) is 0 Å². The third-order valence-electron chi connectivity index (χ3n) is 4.88. The summed E-state index contributed by atoms with van der Waals surface area (Å²) in [7, 11) is -3.36. The number of rotatable bonds is 4. The molecule has 1 saturated carbocycles. The lowest BCUT2D eigenvalue weighted by molar-refractivity contribution is 0.378. The average Bonchev–Trinajstić information content (AvgIpc) is 2.98. The molecule has 1 heterocycles. The second-order valence-electron chi connectivity index (χ2n) is 6.87. The van der Waals surface area contributed by atoms with E-state index in [1.165, 1.54) is 11.1 Å². The van der Waals surface area contributed by atoms with E-state index >= 15 is 0 Å². The molecule has 22 heavy (non-hydrogen) atoms. The van der Waals surface area contributed by atoms with Crippen LogP contribution in [0, 0.1) is 0 Å². The summed E-state index contributed by atoms with van der Waals surface area (Å²) in [6.07, 6.45) is 5.02. The van der Waals surface area contributed by atoms with Crippen molar-refractivity contribution in [1.29, 1.82) is 0 Å². The molecular weight excluding hydrogens is 296 g/mol. The van der Waals surface area contributed by atoms with Crippen LogP contribution in [-0.4, -0.2) is 25.3 Å². The molecule has 2 aliphatic rings. The van der Waals surface area contributed by atoms with Crippen LogP contribution in [0.15, 0.2) is 18.2 Å². The fourth-order valence-corrected chi connectivity index (χ4v) is 4.89. The molecule has 1 aromatic rings. The highest BCUT2D eigenvalue weighted by molar-refractivity contribution is 7.87. The van der Waals surface area contributed by atoms with Gasteiger partial charge < -0.3 is 0 Å². The summed E-state index contributed by atoms with van der Waals surface area (Å²) in [5, 5.41) is 0. The van der Waals surface area contributed by atoms with Gasteiger partial charge >= 0.3 is 0 Å². The highest BCUT2D eigenvalue weighted by Crippen LogP contribution is 2.26. The van der Waals surface area contributed by atoms with Gasteiger partial charge in [-0.3, -0.25) is 0 Å². The minimum Gasteiger partial charge on any atom is -0.199 e. The van der Waals surface area contributed by atoms with Crippen LogP contribution >= 0.6 is 0 Å². The Morgan fingerprint density at radius 1 is 1.18 bits per heavy atom. The zero-order chi connectivity index (χ0) is 15.7. The molecular formula is C17H26N2O2S. The van der Waals surface area contributed by atoms with E-state index in [2.05, 4.69) is 36.8 Å². The number of nitrogens with one attached hydrogen (secondary N) is 1. The number of hydrogen-bond donors (Lipinski definition) is 1. The smallest absolute Gasteiger partial charge is 0.199 e. The van der Waals surface area contributed by atoms with E-state index in [9.17, 15) is 8.42 Å². The number of benzene rings is 1. The maximum atomic E-state index is 12.6. The zero-order valence-corrected chi connectivity index (χ0v) is 14.3. The van der Waals surface area contributed by atoms with Crippen LogP contribution < -0.4 is 4.72 Å². The lowest BCUT2D eigenvalue weighted by Crippen LogP contribution is -2.46. The highest BCUT2D eigenvalue weighted by atomic mass is 32.2. The Morgan fingerprint density at radius 2 is 1.91 bits per heavy atom. The predicted octanol–water partition coefficient (Wildman–Crippen LogP) is 2.95. The lowest BCUT2D eigenvalue weighted by atomic mass is 9.94. The van der Waals surface area contributed by atoms with Crippen molar-refractivity contribution >= 4 is 10.2 Å². The second-order valence-corrected chi connectivity index (χ2v) is 8.57. The fraction of sp³-hybridized carbons (Fsp3) is 0.647. The Morgan fingerprint density at radius 3 is 2.59 bits per heavy atom. The topological polar surface area (TPSA) is 49.4 Å². The Kier molecular flexibility index (Phi) is 4.57. The molecule has 0 bridgehead atoms. The summed E-state index contributed by atoms with van der Waals surface area (Å²) in [6, 6.07) is 6.65. The number of nitrogens with zero attached hydrogens (tertiary/aromatic N) is 1. The SMILES string of the molecule is CC(C)c1ccc2c(c1)CN(S(=O)(=O)NC1CCCC1)CC2. The van der Waals surface area contributed by atoms with Crippen LogP contribution in [0.1, 0.15) is 62.1 Å². The molecule has 1 fully saturated rings. The van der Waals surface area contributed by atoms with E-state index < -0.39 is 10.2 Å². The molecule has 0 unspecified atom stereocenters.